The molecule has 0 aromatic carbocycles. The van der Waals surface area contributed by atoms with Gasteiger partial charge in [0.05, 0.1) is 10.6 Å². The van der Waals surface area contributed by atoms with Crippen LogP contribution >= 0.6 is 23.1 Å². The molecule has 2 heterocycles. The molecule has 2 N–H and O–H groups in total. The van der Waals surface area contributed by atoms with Gasteiger partial charge >= 0.3 is 0 Å². The van der Waals surface area contributed by atoms with E-state index in [1.165, 1.54) is 31.0 Å². The van der Waals surface area contributed by atoms with Gasteiger partial charge < -0.3 is 5.32 Å². The fourth-order valence-electron chi connectivity index (χ4n) is 2.74. The molecule has 2 atom stereocenters. The number of hydrogen-bond donors (Lipinski definition) is 2. The molecule has 0 radical (unpaired) electrons. The molecule has 0 spiro atoms. The first-order valence-electron chi connectivity index (χ1n) is 7.61. The number of carbonyl (C=O) groups excluding carboxylic acids is 1. The quantitative estimate of drug-likeness (QED) is 0.822. The summed E-state index contributed by atoms with van der Waals surface area (Å²) in [7, 11) is 0. The molecule has 0 saturated heterocycles. The van der Waals surface area contributed by atoms with Crippen molar-refractivity contribution in [3.05, 3.63) is 17.5 Å². The van der Waals surface area contributed by atoms with E-state index in [0.717, 1.165) is 17.1 Å². The molecule has 5 nitrogen and oxygen atoms in total. The Morgan fingerprint density at radius 3 is 3.14 bits per heavy atom. The summed E-state index contributed by atoms with van der Waals surface area (Å²) in [6, 6.07) is 4.31. The van der Waals surface area contributed by atoms with Gasteiger partial charge in [-0.2, -0.15) is 0 Å². The Balaban J connectivity index is 1.49. The summed E-state index contributed by atoms with van der Waals surface area (Å²) in [5.74, 6) is 1.78. The van der Waals surface area contributed by atoms with Gasteiger partial charge in [-0.1, -0.05) is 37.6 Å². The second-order valence-electron chi connectivity index (χ2n) is 5.67. The van der Waals surface area contributed by atoms with Crippen LogP contribution in [0.4, 0.5) is 0 Å². The van der Waals surface area contributed by atoms with E-state index in [1.807, 2.05) is 17.5 Å². The normalized spacial score (nSPS) is 21.7. The van der Waals surface area contributed by atoms with Crippen LogP contribution in [0.1, 0.15) is 32.6 Å². The Morgan fingerprint density at radius 1 is 1.50 bits per heavy atom. The number of thiophene rings is 1. The van der Waals surface area contributed by atoms with Crippen molar-refractivity contribution in [3.8, 4) is 10.7 Å². The fourth-order valence-corrected chi connectivity index (χ4v) is 4.02. The topological polar surface area (TPSA) is 70.7 Å². The van der Waals surface area contributed by atoms with Gasteiger partial charge in [-0.15, -0.1) is 16.4 Å². The summed E-state index contributed by atoms with van der Waals surface area (Å²) in [4.78, 5) is 17.5. The predicted octanol–water partition coefficient (Wildman–Crippen LogP) is 3.32. The monoisotopic (exact) mass is 336 g/mol. The predicted molar refractivity (Wildman–Crippen MR) is 90.0 cm³/mol. The number of carbonyl (C=O) groups is 1. The standard InChI is InChI=1S/C15H20N4OS2/c1-10-5-2-3-6-11(10)16-13(20)9-22-15-17-14(18-19-15)12-7-4-8-21-12/h4,7-8,10-11H,2-3,5-6,9H2,1H3,(H,16,20)(H,17,18,19)/t10-,11+/m1/s1. The molecule has 1 fully saturated rings. The van der Waals surface area contributed by atoms with E-state index < -0.39 is 0 Å². The number of rotatable bonds is 5. The lowest BCUT2D eigenvalue weighted by Crippen LogP contribution is -2.41. The van der Waals surface area contributed by atoms with Crippen LogP contribution in [-0.4, -0.2) is 32.9 Å². The summed E-state index contributed by atoms with van der Waals surface area (Å²) in [5, 5.41) is 12.9. The molecule has 1 aliphatic rings. The first-order chi connectivity index (χ1) is 10.7. The van der Waals surface area contributed by atoms with Crippen molar-refractivity contribution >= 4 is 29.0 Å². The molecule has 0 bridgehead atoms. The maximum atomic E-state index is 12.1. The number of hydrogen-bond acceptors (Lipinski definition) is 5. The SMILES string of the molecule is C[C@@H]1CCCC[C@@H]1NC(=O)CSc1n[nH]c(-c2cccs2)n1. The van der Waals surface area contributed by atoms with Crippen molar-refractivity contribution in [2.75, 3.05) is 5.75 Å². The van der Waals surface area contributed by atoms with Gasteiger partial charge in [0.15, 0.2) is 5.82 Å². The molecule has 2 aromatic rings. The molecule has 1 saturated carbocycles. The van der Waals surface area contributed by atoms with Crippen LogP contribution in [0.15, 0.2) is 22.7 Å². The zero-order chi connectivity index (χ0) is 15.4. The van der Waals surface area contributed by atoms with E-state index in [9.17, 15) is 4.79 Å². The molecular formula is C15H20N4OS2. The lowest BCUT2D eigenvalue weighted by Gasteiger charge is -2.29. The maximum Gasteiger partial charge on any atom is 0.230 e. The summed E-state index contributed by atoms with van der Waals surface area (Å²) in [6.07, 6.45) is 4.81. The van der Waals surface area contributed by atoms with Gasteiger partial charge in [0, 0.05) is 6.04 Å². The Morgan fingerprint density at radius 2 is 2.36 bits per heavy atom. The van der Waals surface area contributed by atoms with Crippen molar-refractivity contribution in [2.45, 2.75) is 43.8 Å². The number of aromatic amines is 1. The number of nitrogens with one attached hydrogen (secondary N) is 2. The highest BCUT2D eigenvalue weighted by molar-refractivity contribution is 7.99. The number of nitrogens with zero attached hydrogens (tertiary/aromatic N) is 2. The highest BCUT2D eigenvalue weighted by Crippen LogP contribution is 2.25. The van der Waals surface area contributed by atoms with Gasteiger partial charge in [-0.3, -0.25) is 9.89 Å². The average Bonchev–Trinajstić information content (AvgIpc) is 3.18. The van der Waals surface area contributed by atoms with Gasteiger partial charge in [0.1, 0.15) is 0 Å². The Hall–Kier alpha value is -1.34. The average molecular weight is 336 g/mol. The zero-order valence-electron chi connectivity index (χ0n) is 12.5. The van der Waals surface area contributed by atoms with Crippen LogP contribution in [0.5, 0.6) is 0 Å². The third-order valence-corrected chi connectivity index (χ3v) is 5.73. The first-order valence-corrected chi connectivity index (χ1v) is 9.47. The second kappa shape index (κ2) is 7.28. The third-order valence-electron chi connectivity index (χ3n) is 4.01. The van der Waals surface area contributed by atoms with Crippen molar-refractivity contribution < 1.29 is 4.79 Å². The highest BCUT2D eigenvalue weighted by Gasteiger charge is 2.22. The minimum atomic E-state index is 0.0752. The van der Waals surface area contributed by atoms with E-state index >= 15 is 0 Å². The Kier molecular flexibility index (Phi) is 5.15. The van der Waals surface area contributed by atoms with Gasteiger partial charge in [0.25, 0.3) is 0 Å². The molecule has 0 aliphatic heterocycles. The fraction of sp³-hybridized carbons (Fsp3) is 0.533. The molecule has 22 heavy (non-hydrogen) atoms. The van der Waals surface area contributed by atoms with E-state index in [1.54, 1.807) is 11.3 Å². The third kappa shape index (κ3) is 3.89. The number of thioether (sulfide) groups is 1. The zero-order valence-corrected chi connectivity index (χ0v) is 14.2. The van der Waals surface area contributed by atoms with E-state index in [-0.39, 0.29) is 5.91 Å². The number of amides is 1. The van der Waals surface area contributed by atoms with E-state index in [4.69, 9.17) is 0 Å². The molecule has 1 amide bonds. The molecule has 0 unspecified atom stereocenters. The molecule has 2 aromatic heterocycles. The van der Waals surface area contributed by atoms with Crippen LogP contribution in [0.2, 0.25) is 0 Å². The van der Waals surface area contributed by atoms with Crippen LogP contribution in [0, 0.1) is 5.92 Å². The van der Waals surface area contributed by atoms with E-state index in [0.29, 0.717) is 22.9 Å². The van der Waals surface area contributed by atoms with Crippen LogP contribution in [-0.2, 0) is 4.79 Å². The second-order valence-corrected chi connectivity index (χ2v) is 7.56. The van der Waals surface area contributed by atoms with E-state index in [2.05, 4.69) is 27.4 Å². The van der Waals surface area contributed by atoms with Gasteiger partial charge in [-0.05, 0) is 30.2 Å². The van der Waals surface area contributed by atoms with Crippen molar-refractivity contribution in [2.24, 2.45) is 5.92 Å². The Bertz CT molecular complexity index is 611. The molecule has 118 valence electrons. The number of H-pyrrole nitrogens is 1. The van der Waals surface area contributed by atoms with Crippen molar-refractivity contribution in [1.29, 1.82) is 0 Å². The smallest absolute Gasteiger partial charge is 0.230 e. The maximum absolute atomic E-state index is 12.1. The summed E-state index contributed by atoms with van der Waals surface area (Å²) < 4.78 is 0. The van der Waals surface area contributed by atoms with Crippen LogP contribution in [0.25, 0.3) is 10.7 Å². The van der Waals surface area contributed by atoms with Crippen molar-refractivity contribution in [3.63, 3.8) is 0 Å². The summed E-state index contributed by atoms with van der Waals surface area (Å²) >= 11 is 2.99. The highest BCUT2D eigenvalue weighted by atomic mass is 32.2. The van der Waals surface area contributed by atoms with Gasteiger partial charge in [0.2, 0.25) is 11.1 Å². The molecular weight excluding hydrogens is 316 g/mol. The largest absolute Gasteiger partial charge is 0.352 e. The molecule has 1 aliphatic carbocycles. The van der Waals surface area contributed by atoms with Crippen LogP contribution in [0.3, 0.4) is 0 Å². The van der Waals surface area contributed by atoms with Gasteiger partial charge in [-0.25, -0.2) is 4.98 Å². The minimum Gasteiger partial charge on any atom is -0.352 e. The minimum absolute atomic E-state index is 0.0752. The number of aromatic nitrogens is 3. The summed E-state index contributed by atoms with van der Waals surface area (Å²) in [6.45, 7) is 2.22. The Labute approximate surface area is 138 Å². The lowest BCUT2D eigenvalue weighted by molar-refractivity contribution is -0.119. The van der Waals surface area contributed by atoms with Crippen molar-refractivity contribution in [1.82, 2.24) is 20.5 Å². The lowest BCUT2D eigenvalue weighted by atomic mass is 9.86. The molecule has 7 heteroatoms. The first kappa shape index (κ1) is 15.6. The van der Waals surface area contributed by atoms with Crippen LogP contribution < -0.4 is 5.32 Å². The summed E-state index contributed by atoms with van der Waals surface area (Å²) in [5.41, 5.74) is 0. The molecule has 3 rings (SSSR count).